The van der Waals surface area contributed by atoms with Crippen LogP contribution >= 0.6 is 15.9 Å². The molecule has 1 aliphatic heterocycles. The van der Waals surface area contributed by atoms with Crippen LogP contribution in [0.25, 0.3) is 5.52 Å². The number of anilines is 1. The number of aromatic nitrogens is 2. The van der Waals surface area contributed by atoms with Gasteiger partial charge in [-0.15, -0.1) is 0 Å². The SMILES string of the molecule is CCCC1CN(C(=O)CC#N)CC1Nc1c(C(N)=O)cnn2cc(Br)cc12. The number of amides is 2. The molecular weight excluding hydrogens is 412 g/mol. The minimum absolute atomic E-state index is 0.0365. The van der Waals surface area contributed by atoms with Gasteiger partial charge in [0.1, 0.15) is 6.42 Å². The number of nitrogens with one attached hydrogen (secondary N) is 1. The van der Waals surface area contributed by atoms with Crippen molar-refractivity contribution in [3.05, 3.63) is 28.5 Å². The lowest BCUT2D eigenvalue weighted by Gasteiger charge is -2.22. The van der Waals surface area contributed by atoms with E-state index in [1.165, 1.54) is 6.20 Å². The lowest BCUT2D eigenvalue weighted by molar-refractivity contribution is -0.129. The summed E-state index contributed by atoms with van der Waals surface area (Å²) in [5.41, 5.74) is 7.21. The Bertz CT molecular complexity index is 918. The van der Waals surface area contributed by atoms with Crippen LogP contribution in [0.5, 0.6) is 0 Å². The van der Waals surface area contributed by atoms with Gasteiger partial charge in [-0.1, -0.05) is 13.3 Å². The Hall–Kier alpha value is -2.60. The van der Waals surface area contributed by atoms with E-state index >= 15 is 0 Å². The zero-order valence-electron chi connectivity index (χ0n) is 15.0. The summed E-state index contributed by atoms with van der Waals surface area (Å²) in [6.45, 7) is 3.18. The highest BCUT2D eigenvalue weighted by molar-refractivity contribution is 9.10. The third-order valence-corrected chi connectivity index (χ3v) is 5.32. The molecule has 1 saturated heterocycles. The predicted molar refractivity (Wildman–Crippen MR) is 104 cm³/mol. The number of nitriles is 1. The number of carbonyl (C=O) groups is 2. The second kappa shape index (κ2) is 7.96. The van der Waals surface area contributed by atoms with E-state index in [1.54, 1.807) is 15.6 Å². The molecule has 3 N–H and O–H groups in total. The fourth-order valence-corrected chi connectivity index (χ4v) is 4.04. The van der Waals surface area contributed by atoms with Gasteiger partial charge in [-0.05, 0) is 34.3 Å². The molecule has 1 aliphatic rings. The molecule has 2 unspecified atom stereocenters. The first-order chi connectivity index (χ1) is 12.9. The van der Waals surface area contributed by atoms with Crippen molar-refractivity contribution in [2.45, 2.75) is 32.2 Å². The molecule has 9 heteroatoms. The summed E-state index contributed by atoms with van der Waals surface area (Å²) in [7, 11) is 0. The maximum Gasteiger partial charge on any atom is 0.252 e. The third-order valence-electron chi connectivity index (χ3n) is 4.88. The zero-order valence-corrected chi connectivity index (χ0v) is 16.6. The van der Waals surface area contributed by atoms with Gasteiger partial charge >= 0.3 is 0 Å². The fraction of sp³-hybridized carbons (Fsp3) is 0.444. The Morgan fingerprint density at radius 3 is 2.93 bits per heavy atom. The largest absolute Gasteiger partial charge is 0.378 e. The van der Waals surface area contributed by atoms with Crippen molar-refractivity contribution in [3.63, 3.8) is 0 Å². The first-order valence-electron chi connectivity index (χ1n) is 8.82. The molecule has 3 heterocycles. The molecule has 0 spiro atoms. The van der Waals surface area contributed by atoms with Gasteiger partial charge in [-0.2, -0.15) is 10.4 Å². The van der Waals surface area contributed by atoms with Gasteiger partial charge < -0.3 is 16.0 Å². The van der Waals surface area contributed by atoms with Crippen molar-refractivity contribution in [2.75, 3.05) is 18.4 Å². The molecule has 0 radical (unpaired) electrons. The number of rotatable bonds is 6. The van der Waals surface area contributed by atoms with E-state index in [9.17, 15) is 9.59 Å². The van der Waals surface area contributed by atoms with E-state index in [2.05, 4.69) is 33.3 Å². The summed E-state index contributed by atoms with van der Waals surface area (Å²) >= 11 is 3.43. The van der Waals surface area contributed by atoms with Gasteiger partial charge in [0.05, 0.1) is 29.0 Å². The molecule has 0 aromatic carbocycles. The van der Waals surface area contributed by atoms with Gasteiger partial charge in [0.2, 0.25) is 5.91 Å². The molecule has 0 aliphatic carbocycles. The molecule has 27 heavy (non-hydrogen) atoms. The van der Waals surface area contributed by atoms with Gasteiger partial charge in [-0.3, -0.25) is 9.59 Å². The zero-order chi connectivity index (χ0) is 19.6. The van der Waals surface area contributed by atoms with Crippen LogP contribution in [-0.2, 0) is 4.79 Å². The lowest BCUT2D eigenvalue weighted by Crippen LogP contribution is -2.32. The van der Waals surface area contributed by atoms with Crippen molar-refractivity contribution >= 4 is 38.9 Å². The van der Waals surface area contributed by atoms with Crippen LogP contribution in [0.2, 0.25) is 0 Å². The molecule has 1 fully saturated rings. The van der Waals surface area contributed by atoms with Crippen molar-refractivity contribution < 1.29 is 9.59 Å². The number of nitrogens with zero attached hydrogens (tertiary/aromatic N) is 4. The molecule has 2 aromatic heterocycles. The van der Waals surface area contributed by atoms with Crippen LogP contribution in [0.4, 0.5) is 5.69 Å². The van der Waals surface area contributed by atoms with Crippen LogP contribution in [0.1, 0.15) is 36.5 Å². The molecule has 0 bridgehead atoms. The highest BCUT2D eigenvalue weighted by atomic mass is 79.9. The Morgan fingerprint density at radius 2 is 2.26 bits per heavy atom. The maximum atomic E-state index is 12.2. The molecule has 0 saturated carbocycles. The van der Waals surface area contributed by atoms with Crippen molar-refractivity contribution in [1.82, 2.24) is 14.5 Å². The number of carbonyl (C=O) groups excluding carboxylic acids is 2. The van der Waals surface area contributed by atoms with E-state index in [-0.39, 0.29) is 24.3 Å². The second-order valence-electron chi connectivity index (χ2n) is 6.72. The molecule has 8 nitrogen and oxygen atoms in total. The molecule has 2 atom stereocenters. The van der Waals surface area contributed by atoms with E-state index in [4.69, 9.17) is 11.0 Å². The number of nitrogens with two attached hydrogens (primary N) is 1. The van der Waals surface area contributed by atoms with E-state index in [1.807, 2.05) is 12.1 Å². The number of halogens is 1. The first kappa shape index (κ1) is 19.2. The van der Waals surface area contributed by atoms with Crippen LogP contribution < -0.4 is 11.1 Å². The normalized spacial score (nSPS) is 19.2. The number of primary amides is 1. The minimum Gasteiger partial charge on any atom is -0.378 e. The minimum atomic E-state index is -0.563. The lowest BCUT2D eigenvalue weighted by atomic mass is 9.97. The molecule has 2 amide bonds. The highest BCUT2D eigenvalue weighted by Crippen LogP contribution is 2.30. The summed E-state index contributed by atoms with van der Waals surface area (Å²) in [6.07, 6.45) is 5.04. The smallest absolute Gasteiger partial charge is 0.252 e. The quantitative estimate of drug-likeness (QED) is 0.724. The average molecular weight is 433 g/mol. The number of hydrogen-bond donors (Lipinski definition) is 2. The van der Waals surface area contributed by atoms with Gasteiger partial charge in [0.25, 0.3) is 5.91 Å². The Kier molecular flexibility index (Phi) is 5.65. The average Bonchev–Trinajstić information content (AvgIpc) is 3.18. The standard InChI is InChI=1S/C18H21BrN6O2/c1-2-3-11-8-24(16(26)4-5-20)10-14(11)23-17-13(18(21)27)7-22-25-9-12(19)6-15(17)25/h6-7,9,11,14,23H,2-4,8,10H2,1H3,(H2,21,27). The molecule has 2 aromatic rings. The van der Waals surface area contributed by atoms with E-state index in [0.29, 0.717) is 24.3 Å². The monoisotopic (exact) mass is 432 g/mol. The molecule has 3 rings (SSSR count). The highest BCUT2D eigenvalue weighted by Gasteiger charge is 2.35. The molecular formula is C18H21BrN6O2. The topological polar surface area (TPSA) is 117 Å². The third kappa shape index (κ3) is 3.90. The maximum absolute atomic E-state index is 12.2. The van der Waals surface area contributed by atoms with Gasteiger partial charge in [0.15, 0.2) is 0 Å². The number of likely N-dealkylation sites (tertiary alicyclic amines) is 1. The van der Waals surface area contributed by atoms with Crippen LogP contribution in [-0.4, -0.2) is 45.5 Å². The van der Waals surface area contributed by atoms with E-state index < -0.39 is 5.91 Å². The number of fused-ring (bicyclic) bond motifs is 1. The van der Waals surface area contributed by atoms with Gasteiger partial charge in [0, 0.05) is 29.8 Å². The summed E-state index contributed by atoms with van der Waals surface area (Å²) < 4.78 is 2.50. The Morgan fingerprint density at radius 1 is 1.48 bits per heavy atom. The van der Waals surface area contributed by atoms with Crippen LogP contribution in [0, 0.1) is 17.2 Å². The number of hydrogen-bond acceptors (Lipinski definition) is 5. The molecule has 142 valence electrons. The van der Waals surface area contributed by atoms with Crippen LogP contribution in [0.15, 0.2) is 22.9 Å². The first-order valence-corrected chi connectivity index (χ1v) is 9.61. The summed E-state index contributed by atoms with van der Waals surface area (Å²) in [6, 6.07) is 3.75. The summed E-state index contributed by atoms with van der Waals surface area (Å²) in [5.74, 6) is -0.499. The summed E-state index contributed by atoms with van der Waals surface area (Å²) in [4.78, 5) is 25.8. The summed E-state index contributed by atoms with van der Waals surface area (Å²) in [5, 5.41) is 16.5. The van der Waals surface area contributed by atoms with Gasteiger partial charge in [-0.25, -0.2) is 4.52 Å². The second-order valence-corrected chi connectivity index (χ2v) is 7.63. The van der Waals surface area contributed by atoms with Crippen molar-refractivity contribution in [3.8, 4) is 6.07 Å². The van der Waals surface area contributed by atoms with Crippen molar-refractivity contribution in [1.29, 1.82) is 5.26 Å². The predicted octanol–water partition coefficient (Wildman–Crippen LogP) is 2.15. The van der Waals surface area contributed by atoms with Crippen LogP contribution in [0.3, 0.4) is 0 Å². The van der Waals surface area contributed by atoms with E-state index in [0.717, 1.165) is 22.8 Å². The van der Waals surface area contributed by atoms with Crippen molar-refractivity contribution in [2.24, 2.45) is 11.7 Å². The fourth-order valence-electron chi connectivity index (χ4n) is 3.63. The Balaban J connectivity index is 1.94. The Labute approximate surface area is 165 Å².